The van der Waals surface area contributed by atoms with Crippen LogP contribution < -0.4 is 10.6 Å². The van der Waals surface area contributed by atoms with Gasteiger partial charge in [-0.2, -0.15) is 0 Å². The van der Waals surface area contributed by atoms with E-state index in [4.69, 9.17) is 0 Å². The lowest BCUT2D eigenvalue weighted by atomic mass is 9.96. The first-order valence-electron chi connectivity index (χ1n) is 7.00. The zero-order chi connectivity index (χ0) is 13.0. The third-order valence-electron chi connectivity index (χ3n) is 3.84. The van der Waals surface area contributed by atoms with Gasteiger partial charge < -0.3 is 15.5 Å². The highest BCUT2D eigenvalue weighted by atomic mass is 35.5. The van der Waals surface area contributed by atoms with Crippen LogP contribution in [0.3, 0.4) is 0 Å². The zero-order valence-electron chi connectivity index (χ0n) is 11.5. The number of piperidine rings is 1. The van der Waals surface area contributed by atoms with Crippen LogP contribution in [0.5, 0.6) is 0 Å². The predicted octanol–water partition coefficient (Wildman–Crippen LogP) is 0.535. The quantitative estimate of drug-likeness (QED) is 0.794. The molecule has 2 unspecified atom stereocenters. The van der Waals surface area contributed by atoms with Crippen molar-refractivity contribution in [3.05, 3.63) is 0 Å². The molecule has 0 aromatic rings. The molecule has 0 radical (unpaired) electrons. The molecule has 0 aromatic heterocycles. The van der Waals surface area contributed by atoms with Gasteiger partial charge in [-0.15, -0.1) is 12.4 Å². The van der Waals surface area contributed by atoms with Crippen LogP contribution in [0.2, 0.25) is 0 Å². The Balaban J connectivity index is 0.00000180. The maximum absolute atomic E-state index is 12.5. The van der Waals surface area contributed by atoms with E-state index in [-0.39, 0.29) is 30.1 Å². The summed E-state index contributed by atoms with van der Waals surface area (Å²) in [5.41, 5.74) is 0. The highest BCUT2D eigenvalue weighted by Crippen LogP contribution is 2.18. The molecule has 0 saturated carbocycles. The van der Waals surface area contributed by atoms with Gasteiger partial charge in [0.25, 0.3) is 0 Å². The number of nitrogens with one attached hydrogen (secondary N) is 2. The van der Waals surface area contributed by atoms with Gasteiger partial charge in [-0.05, 0) is 25.8 Å². The molecule has 2 amide bonds. The number of rotatable bonds is 4. The maximum atomic E-state index is 12.5. The molecule has 0 aliphatic carbocycles. The molecule has 2 saturated heterocycles. The van der Waals surface area contributed by atoms with Gasteiger partial charge in [0.2, 0.25) is 11.8 Å². The number of hydrogen-bond donors (Lipinski definition) is 2. The number of nitrogens with zero attached hydrogens (tertiary/aromatic N) is 1. The van der Waals surface area contributed by atoms with Crippen molar-refractivity contribution in [2.24, 2.45) is 5.92 Å². The summed E-state index contributed by atoms with van der Waals surface area (Å²) < 4.78 is 0. The average Bonchev–Trinajstić information content (AvgIpc) is 2.90. The van der Waals surface area contributed by atoms with Gasteiger partial charge in [0.1, 0.15) is 0 Å². The lowest BCUT2D eigenvalue weighted by molar-refractivity contribution is -0.139. The van der Waals surface area contributed by atoms with Gasteiger partial charge in [0.05, 0.1) is 5.92 Å². The summed E-state index contributed by atoms with van der Waals surface area (Å²) in [6, 6.07) is 0.343. The van der Waals surface area contributed by atoms with Crippen LogP contribution in [0.1, 0.15) is 32.6 Å². The number of amides is 2. The molecule has 5 nitrogen and oxygen atoms in total. The van der Waals surface area contributed by atoms with Crippen molar-refractivity contribution in [1.29, 1.82) is 0 Å². The summed E-state index contributed by atoms with van der Waals surface area (Å²) in [6.07, 6.45) is 3.22. The van der Waals surface area contributed by atoms with Crippen LogP contribution in [-0.2, 0) is 9.59 Å². The van der Waals surface area contributed by atoms with E-state index in [0.29, 0.717) is 25.4 Å². The van der Waals surface area contributed by atoms with Gasteiger partial charge in [0.15, 0.2) is 0 Å². The van der Waals surface area contributed by atoms with Crippen molar-refractivity contribution in [1.82, 2.24) is 15.5 Å². The third kappa shape index (κ3) is 4.08. The van der Waals surface area contributed by atoms with Crippen LogP contribution in [0, 0.1) is 5.92 Å². The van der Waals surface area contributed by atoms with E-state index in [1.807, 2.05) is 4.90 Å². The van der Waals surface area contributed by atoms with E-state index in [9.17, 15) is 9.59 Å². The number of carbonyl (C=O) groups excluding carboxylic acids is 2. The van der Waals surface area contributed by atoms with Crippen LogP contribution in [0.15, 0.2) is 0 Å². The second kappa shape index (κ2) is 7.70. The lowest BCUT2D eigenvalue weighted by Gasteiger charge is -2.33. The Morgan fingerprint density at radius 2 is 2.16 bits per heavy atom. The molecule has 2 rings (SSSR count). The highest BCUT2D eigenvalue weighted by molar-refractivity contribution is 5.85. The summed E-state index contributed by atoms with van der Waals surface area (Å²) in [7, 11) is 0. The number of carbonyl (C=O) groups is 2. The smallest absolute Gasteiger partial charge is 0.227 e. The number of hydrogen-bond acceptors (Lipinski definition) is 3. The normalized spacial score (nSPS) is 26.5. The van der Waals surface area contributed by atoms with Gasteiger partial charge in [-0.3, -0.25) is 9.59 Å². The molecule has 110 valence electrons. The molecule has 6 heteroatoms. The molecular weight excluding hydrogens is 266 g/mol. The molecule has 2 aliphatic rings. The van der Waals surface area contributed by atoms with Crippen molar-refractivity contribution in [2.75, 3.05) is 26.2 Å². The second-order valence-corrected chi connectivity index (χ2v) is 5.22. The first-order valence-corrected chi connectivity index (χ1v) is 7.00. The molecule has 2 fully saturated rings. The fourth-order valence-electron chi connectivity index (χ4n) is 2.80. The van der Waals surface area contributed by atoms with E-state index in [2.05, 4.69) is 17.6 Å². The summed E-state index contributed by atoms with van der Waals surface area (Å²) in [5.74, 6) is 0.282. The van der Waals surface area contributed by atoms with Crippen LogP contribution in [0.25, 0.3) is 0 Å². The molecule has 0 aromatic carbocycles. The van der Waals surface area contributed by atoms with Gasteiger partial charge in [-0.1, -0.05) is 6.92 Å². The SMILES string of the molecule is CCCN(C(=O)C1CCC(=O)NC1)C1CCNC1.Cl. The minimum Gasteiger partial charge on any atom is -0.355 e. The van der Waals surface area contributed by atoms with Gasteiger partial charge >= 0.3 is 0 Å². The van der Waals surface area contributed by atoms with Crippen LogP contribution >= 0.6 is 12.4 Å². The first-order chi connectivity index (χ1) is 8.72. The summed E-state index contributed by atoms with van der Waals surface area (Å²) in [4.78, 5) is 25.7. The van der Waals surface area contributed by atoms with Gasteiger partial charge in [0, 0.05) is 32.1 Å². The predicted molar refractivity (Wildman–Crippen MR) is 76.3 cm³/mol. The zero-order valence-corrected chi connectivity index (χ0v) is 12.3. The Kier molecular flexibility index (Phi) is 6.58. The molecule has 0 spiro atoms. The molecule has 0 bridgehead atoms. The van der Waals surface area contributed by atoms with Crippen molar-refractivity contribution in [3.8, 4) is 0 Å². The maximum Gasteiger partial charge on any atom is 0.227 e. The molecule has 2 aliphatic heterocycles. The second-order valence-electron chi connectivity index (χ2n) is 5.22. The van der Waals surface area contributed by atoms with E-state index in [1.54, 1.807) is 0 Å². The minimum atomic E-state index is -0.0187. The van der Waals surface area contributed by atoms with Crippen LogP contribution in [-0.4, -0.2) is 48.9 Å². The minimum absolute atomic E-state index is 0. The molecule has 2 heterocycles. The Morgan fingerprint density at radius 1 is 1.37 bits per heavy atom. The van der Waals surface area contributed by atoms with Crippen molar-refractivity contribution in [2.45, 2.75) is 38.6 Å². The topological polar surface area (TPSA) is 61.4 Å². The molecule has 2 atom stereocenters. The number of halogens is 1. The van der Waals surface area contributed by atoms with E-state index in [0.717, 1.165) is 32.5 Å². The van der Waals surface area contributed by atoms with Crippen LogP contribution in [0.4, 0.5) is 0 Å². The summed E-state index contributed by atoms with van der Waals surface area (Å²) in [5, 5.41) is 6.11. The first kappa shape index (κ1) is 16.2. The Morgan fingerprint density at radius 3 is 2.68 bits per heavy atom. The summed E-state index contributed by atoms with van der Waals surface area (Å²) >= 11 is 0. The summed E-state index contributed by atoms with van der Waals surface area (Å²) in [6.45, 7) is 5.35. The molecule has 2 N–H and O–H groups in total. The Labute approximate surface area is 120 Å². The molecule has 19 heavy (non-hydrogen) atoms. The van der Waals surface area contributed by atoms with E-state index in [1.165, 1.54) is 0 Å². The average molecular weight is 290 g/mol. The Bertz CT molecular complexity index is 309. The van der Waals surface area contributed by atoms with Gasteiger partial charge in [-0.25, -0.2) is 0 Å². The molecular formula is C13H24ClN3O2. The lowest BCUT2D eigenvalue weighted by Crippen LogP contribution is -2.49. The monoisotopic (exact) mass is 289 g/mol. The highest BCUT2D eigenvalue weighted by Gasteiger charge is 2.32. The fraction of sp³-hybridized carbons (Fsp3) is 0.846. The third-order valence-corrected chi connectivity index (χ3v) is 3.84. The van der Waals surface area contributed by atoms with Crippen molar-refractivity contribution in [3.63, 3.8) is 0 Å². The fourth-order valence-corrected chi connectivity index (χ4v) is 2.80. The van der Waals surface area contributed by atoms with E-state index < -0.39 is 0 Å². The Hall–Kier alpha value is -0.810. The van der Waals surface area contributed by atoms with Crippen molar-refractivity contribution >= 4 is 24.2 Å². The van der Waals surface area contributed by atoms with Crippen molar-refractivity contribution < 1.29 is 9.59 Å². The van der Waals surface area contributed by atoms with E-state index >= 15 is 0 Å². The standard InChI is InChI=1S/C13H23N3O2.ClH/c1-2-7-16(11-5-6-14-9-11)13(18)10-3-4-12(17)15-8-10;/h10-11,14H,2-9H2,1H3,(H,15,17);1H. The largest absolute Gasteiger partial charge is 0.355 e.